The molecule has 21 heavy (non-hydrogen) atoms. The first kappa shape index (κ1) is 13.6. The number of rotatable bonds is 4. The standard InChI is InChI=1S/C17H19N3O/c1-12(18)17(13-7-3-6-10-16(13)21-2)20-11-19-14-8-4-5-9-15(14)20/h3-12,17H,18H2,1-2H3. The Balaban J connectivity index is 2.19. The molecule has 1 heterocycles. The molecule has 3 aromatic rings. The second kappa shape index (κ2) is 5.58. The fraction of sp³-hybridized carbons (Fsp3) is 0.235. The highest BCUT2D eigenvalue weighted by molar-refractivity contribution is 5.75. The smallest absolute Gasteiger partial charge is 0.124 e. The summed E-state index contributed by atoms with van der Waals surface area (Å²) in [7, 11) is 1.68. The van der Waals surface area contributed by atoms with Crippen molar-refractivity contribution in [1.29, 1.82) is 0 Å². The second-order valence-electron chi connectivity index (χ2n) is 5.19. The number of aromatic nitrogens is 2. The molecule has 4 nitrogen and oxygen atoms in total. The van der Waals surface area contributed by atoms with E-state index in [2.05, 4.69) is 21.7 Å². The summed E-state index contributed by atoms with van der Waals surface area (Å²) in [6.45, 7) is 2.01. The fourth-order valence-corrected chi connectivity index (χ4v) is 2.80. The molecule has 108 valence electrons. The lowest BCUT2D eigenvalue weighted by atomic mass is 9.99. The van der Waals surface area contributed by atoms with Crippen LogP contribution in [-0.2, 0) is 0 Å². The zero-order chi connectivity index (χ0) is 14.8. The van der Waals surface area contributed by atoms with Gasteiger partial charge in [-0.15, -0.1) is 0 Å². The zero-order valence-electron chi connectivity index (χ0n) is 12.2. The van der Waals surface area contributed by atoms with Crippen molar-refractivity contribution in [2.75, 3.05) is 7.11 Å². The van der Waals surface area contributed by atoms with Crippen LogP contribution in [0.2, 0.25) is 0 Å². The van der Waals surface area contributed by atoms with Gasteiger partial charge in [0, 0.05) is 11.6 Å². The van der Waals surface area contributed by atoms with E-state index >= 15 is 0 Å². The van der Waals surface area contributed by atoms with Crippen LogP contribution < -0.4 is 10.5 Å². The van der Waals surface area contributed by atoms with Crippen LogP contribution in [0, 0.1) is 0 Å². The Morgan fingerprint density at radius 2 is 1.81 bits per heavy atom. The van der Waals surface area contributed by atoms with Crippen LogP contribution >= 0.6 is 0 Å². The van der Waals surface area contributed by atoms with E-state index in [9.17, 15) is 0 Å². The lowest BCUT2D eigenvalue weighted by Crippen LogP contribution is -2.30. The Bertz CT molecular complexity index is 748. The Morgan fingerprint density at radius 1 is 1.10 bits per heavy atom. The molecule has 2 unspecified atom stereocenters. The van der Waals surface area contributed by atoms with Gasteiger partial charge in [0.05, 0.1) is 30.5 Å². The van der Waals surface area contributed by atoms with E-state index in [4.69, 9.17) is 10.5 Å². The molecule has 0 aliphatic carbocycles. The minimum absolute atomic E-state index is 0.0199. The van der Waals surface area contributed by atoms with E-state index in [1.807, 2.05) is 49.6 Å². The molecule has 0 spiro atoms. The molecule has 0 aliphatic rings. The van der Waals surface area contributed by atoms with Crippen molar-refractivity contribution in [3.05, 3.63) is 60.4 Å². The minimum Gasteiger partial charge on any atom is -0.496 e. The van der Waals surface area contributed by atoms with Crippen LogP contribution in [0.25, 0.3) is 11.0 Å². The summed E-state index contributed by atoms with van der Waals surface area (Å²) in [4.78, 5) is 4.47. The maximum Gasteiger partial charge on any atom is 0.124 e. The van der Waals surface area contributed by atoms with Gasteiger partial charge in [0.2, 0.25) is 0 Å². The summed E-state index contributed by atoms with van der Waals surface area (Å²) < 4.78 is 7.62. The lowest BCUT2D eigenvalue weighted by Gasteiger charge is -2.25. The van der Waals surface area contributed by atoms with E-state index in [0.29, 0.717) is 0 Å². The number of imidazole rings is 1. The third-order valence-corrected chi connectivity index (χ3v) is 3.74. The highest BCUT2D eigenvalue weighted by atomic mass is 16.5. The van der Waals surface area contributed by atoms with Gasteiger partial charge >= 0.3 is 0 Å². The topological polar surface area (TPSA) is 53.1 Å². The van der Waals surface area contributed by atoms with Gasteiger partial charge in [0.25, 0.3) is 0 Å². The average molecular weight is 281 g/mol. The first-order chi connectivity index (χ1) is 10.2. The zero-order valence-corrected chi connectivity index (χ0v) is 12.2. The maximum absolute atomic E-state index is 6.27. The SMILES string of the molecule is COc1ccccc1C(C(C)N)n1cnc2ccccc21. The van der Waals surface area contributed by atoms with E-state index < -0.39 is 0 Å². The number of hydrogen-bond acceptors (Lipinski definition) is 3. The number of para-hydroxylation sites is 3. The molecule has 3 rings (SSSR count). The molecule has 2 N–H and O–H groups in total. The van der Waals surface area contributed by atoms with Crippen molar-refractivity contribution in [3.63, 3.8) is 0 Å². The van der Waals surface area contributed by atoms with Gasteiger partial charge in [0.1, 0.15) is 5.75 Å². The average Bonchev–Trinajstić information content (AvgIpc) is 2.92. The number of hydrogen-bond donors (Lipinski definition) is 1. The van der Waals surface area contributed by atoms with Crippen LogP contribution in [0.1, 0.15) is 18.5 Å². The molecule has 2 atom stereocenters. The normalized spacial score (nSPS) is 14.0. The summed E-state index contributed by atoms with van der Waals surface area (Å²) in [5.74, 6) is 0.845. The van der Waals surface area contributed by atoms with E-state index in [1.165, 1.54) is 0 Å². The third-order valence-electron chi connectivity index (χ3n) is 3.74. The molecule has 0 fully saturated rings. The molecule has 0 saturated carbocycles. The van der Waals surface area contributed by atoms with Gasteiger partial charge in [-0.05, 0) is 25.1 Å². The highest BCUT2D eigenvalue weighted by Crippen LogP contribution is 2.31. The van der Waals surface area contributed by atoms with Crippen LogP contribution in [0.3, 0.4) is 0 Å². The molecule has 4 heteroatoms. The van der Waals surface area contributed by atoms with Crippen LogP contribution in [0.5, 0.6) is 5.75 Å². The summed E-state index contributed by atoms with van der Waals surface area (Å²) in [5.41, 5.74) is 9.38. The fourth-order valence-electron chi connectivity index (χ4n) is 2.80. The predicted octanol–water partition coefficient (Wildman–Crippen LogP) is 2.98. The molecule has 0 radical (unpaired) electrons. The van der Waals surface area contributed by atoms with Crippen molar-refractivity contribution < 1.29 is 4.74 Å². The quantitative estimate of drug-likeness (QED) is 0.800. The van der Waals surface area contributed by atoms with E-state index in [-0.39, 0.29) is 12.1 Å². The second-order valence-corrected chi connectivity index (χ2v) is 5.19. The monoisotopic (exact) mass is 281 g/mol. The van der Waals surface area contributed by atoms with Crippen molar-refractivity contribution >= 4 is 11.0 Å². The van der Waals surface area contributed by atoms with Gasteiger partial charge in [-0.2, -0.15) is 0 Å². The van der Waals surface area contributed by atoms with Crippen molar-refractivity contribution in [2.24, 2.45) is 5.73 Å². The van der Waals surface area contributed by atoms with Gasteiger partial charge in [-0.1, -0.05) is 30.3 Å². The molecular weight excluding hydrogens is 262 g/mol. The van der Waals surface area contributed by atoms with Gasteiger partial charge in [-0.25, -0.2) is 4.98 Å². The number of nitrogens with two attached hydrogens (primary N) is 1. The molecule has 0 bridgehead atoms. The predicted molar refractivity (Wildman–Crippen MR) is 84.5 cm³/mol. The molecule has 2 aromatic carbocycles. The van der Waals surface area contributed by atoms with Crippen molar-refractivity contribution in [3.8, 4) is 5.75 Å². The van der Waals surface area contributed by atoms with Crippen LogP contribution in [-0.4, -0.2) is 22.7 Å². The number of methoxy groups -OCH3 is 1. The third kappa shape index (κ3) is 2.38. The largest absolute Gasteiger partial charge is 0.496 e. The minimum atomic E-state index is -0.0705. The van der Waals surface area contributed by atoms with Gasteiger partial charge in [-0.3, -0.25) is 0 Å². The van der Waals surface area contributed by atoms with E-state index in [0.717, 1.165) is 22.3 Å². The Morgan fingerprint density at radius 3 is 2.57 bits per heavy atom. The van der Waals surface area contributed by atoms with Gasteiger partial charge in [0.15, 0.2) is 0 Å². The Labute approximate surface area is 124 Å². The maximum atomic E-state index is 6.27. The summed E-state index contributed by atoms with van der Waals surface area (Å²) in [6.07, 6.45) is 1.85. The molecular formula is C17H19N3O. The Kier molecular flexibility index (Phi) is 3.62. The van der Waals surface area contributed by atoms with Crippen molar-refractivity contribution in [1.82, 2.24) is 9.55 Å². The molecule has 0 aliphatic heterocycles. The number of nitrogens with zero attached hydrogens (tertiary/aromatic N) is 2. The van der Waals surface area contributed by atoms with E-state index in [1.54, 1.807) is 7.11 Å². The first-order valence-corrected chi connectivity index (χ1v) is 7.02. The number of benzene rings is 2. The number of fused-ring (bicyclic) bond motifs is 1. The molecule has 0 saturated heterocycles. The van der Waals surface area contributed by atoms with Crippen LogP contribution in [0.15, 0.2) is 54.9 Å². The Hall–Kier alpha value is -2.33. The molecule has 0 amide bonds. The lowest BCUT2D eigenvalue weighted by molar-refractivity contribution is 0.395. The van der Waals surface area contributed by atoms with Gasteiger partial charge < -0.3 is 15.0 Å². The highest BCUT2D eigenvalue weighted by Gasteiger charge is 2.23. The molecule has 1 aromatic heterocycles. The number of ether oxygens (including phenoxy) is 1. The summed E-state index contributed by atoms with van der Waals surface area (Å²) in [5, 5.41) is 0. The van der Waals surface area contributed by atoms with Crippen molar-refractivity contribution in [2.45, 2.75) is 19.0 Å². The summed E-state index contributed by atoms with van der Waals surface area (Å²) in [6, 6.07) is 16.0. The first-order valence-electron chi connectivity index (χ1n) is 7.02. The summed E-state index contributed by atoms with van der Waals surface area (Å²) >= 11 is 0. The van der Waals surface area contributed by atoms with Crippen LogP contribution in [0.4, 0.5) is 0 Å².